The molecule has 0 unspecified atom stereocenters. The van der Waals surface area contributed by atoms with Crippen LogP contribution in [0.2, 0.25) is 0 Å². The number of allylic oxidation sites excluding steroid dienone is 4. The van der Waals surface area contributed by atoms with Crippen molar-refractivity contribution < 1.29 is 9.76 Å². The number of aliphatic hydroxyl groups is 1. The number of benzene rings is 4. The minimum Gasteiger partial charge on any atom is -0.427 e. The summed E-state index contributed by atoms with van der Waals surface area (Å²) in [7, 11) is 0.371. The van der Waals surface area contributed by atoms with Crippen molar-refractivity contribution in [2.75, 3.05) is 0 Å². The smallest absolute Gasteiger partial charge is 0.310 e. The van der Waals surface area contributed by atoms with E-state index < -0.39 is 11.2 Å². The van der Waals surface area contributed by atoms with Crippen LogP contribution < -0.4 is 5.46 Å². The van der Waals surface area contributed by atoms with Crippen LogP contribution in [0.4, 0.5) is 0 Å². The molecule has 0 atom stereocenters. The Morgan fingerprint density at radius 1 is 0.585 bits per heavy atom. The summed E-state index contributed by atoms with van der Waals surface area (Å²) < 4.78 is 6.21. The zero-order valence-electron chi connectivity index (χ0n) is 24.0. The minimum atomic E-state index is -0.986. The molecular formula is C36H35BN2O2. The van der Waals surface area contributed by atoms with Crippen LogP contribution in [0.3, 0.4) is 0 Å². The third kappa shape index (κ3) is 5.78. The van der Waals surface area contributed by atoms with Gasteiger partial charge in [-0.2, -0.15) is 0 Å². The lowest BCUT2D eigenvalue weighted by molar-refractivity contribution is -0.0893. The highest BCUT2D eigenvalue weighted by atomic mass is 16.5. The molecular weight excluding hydrogens is 503 g/mol. The van der Waals surface area contributed by atoms with E-state index in [2.05, 4.69) is 42.5 Å². The van der Waals surface area contributed by atoms with Crippen LogP contribution >= 0.6 is 0 Å². The number of hydrogen-bond donors (Lipinski definition) is 3. The van der Waals surface area contributed by atoms with E-state index >= 15 is 0 Å². The molecule has 4 aromatic carbocycles. The summed E-state index contributed by atoms with van der Waals surface area (Å²) in [5.74, 6) is 0. The van der Waals surface area contributed by atoms with Gasteiger partial charge in [-0.15, -0.1) is 0 Å². The minimum absolute atomic E-state index is 0.215. The molecule has 204 valence electrons. The molecule has 0 spiro atoms. The summed E-state index contributed by atoms with van der Waals surface area (Å²) in [5, 5.41) is 28.2. The highest BCUT2D eigenvalue weighted by molar-refractivity contribution is 6.68. The van der Waals surface area contributed by atoms with Crippen LogP contribution in [0.1, 0.15) is 38.8 Å². The van der Waals surface area contributed by atoms with Gasteiger partial charge in [0.2, 0.25) is 0 Å². The zero-order chi connectivity index (χ0) is 29.2. The summed E-state index contributed by atoms with van der Waals surface area (Å²) >= 11 is 0. The van der Waals surface area contributed by atoms with Crippen molar-refractivity contribution in [2.24, 2.45) is 0 Å². The van der Waals surface area contributed by atoms with E-state index in [-0.39, 0.29) is 11.4 Å². The third-order valence-electron chi connectivity index (χ3n) is 8.07. The first-order chi connectivity index (χ1) is 19.6. The maximum atomic E-state index is 10.6. The molecule has 0 saturated carbocycles. The topological polar surface area (TPSA) is 77.2 Å². The molecule has 0 bridgehead atoms. The van der Waals surface area contributed by atoms with Gasteiger partial charge >= 0.3 is 7.48 Å². The molecule has 0 radical (unpaired) electrons. The Morgan fingerprint density at radius 2 is 1.10 bits per heavy atom. The first kappa shape index (κ1) is 28.2. The predicted octanol–water partition coefficient (Wildman–Crippen LogP) is 7.08. The van der Waals surface area contributed by atoms with Gasteiger partial charge in [0.1, 0.15) is 0 Å². The second-order valence-corrected chi connectivity index (χ2v) is 11.4. The fraction of sp³-hybridized carbons (Fsp3) is 0.167. The molecule has 41 heavy (non-hydrogen) atoms. The number of rotatable bonds is 8. The fourth-order valence-corrected chi connectivity index (χ4v) is 4.87. The summed E-state index contributed by atoms with van der Waals surface area (Å²) in [6.07, 6.45) is 3.91. The van der Waals surface area contributed by atoms with E-state index in [1.165, 1.54) is 0 Å². The molecule has 1 aliphatic rings. The molecule has 4 aromatic rings. The predicted molar refractivity (Wildman–Crippen MR) is 173 cm³/mol. The molecule has 1 aliphatic carbocycles. The van der Waals surface area contributed by atoms with Crippen molar-refractivity contribution in [2.45, 2.75) is 38.9 Å². The van der Waals surface area contributed by atoms with Crippen LogP contribution in [0, 0.1) is 10.8 Å². The van der Waals surface area contributed by atoms with Crippen LogP contribution in [-0.2, 0) is 4.65 Å². The van der Waals surface area contributed by atoms with Gasteiger partial charge in [-0.1, -0.05) is 109 Å². The van der Waals surface area contributed by atoms with Crippen molar-refractivity contribution >= 4 is 35.5 Å². The van der Waals surface area contributed by atoms with Gasteiger partial charge in [-0.05, 0) is 72.6 Å². The Bertz CT molecular complexity index is 1680. The van der Waals surface area contributed by atoms with E-state index in [0.29, 0.717) is 7.48 Å². The molecule has 0 saturated heterocycles. The van der Waals surface area contributed by atoms with Gasteiger partial charge in [0.25, 0.3) is 0 Å². The van der Waals surface area contributed by atoms with E-state index in [4.69, 9.17) is 15.5 Å². The largest absolute Gasteiger partial charge is 0.427 e. The molecule has 5 rings (SSSR count). The van der Waals surface area contributed by atoms with Gasteiger partial charge in [0.05, 0.1) is 22.6 Å². The third-order valence-corrected chi connectivity index (χ3v) is 8.07. The average Bonchev–Trinajstić information content (AvgIpc) is 2.98. The summed E-state index contributed by atoms with van der Waals surface area (Å²) in [5.41, 5.74) is 7.29. The van der Waals surface area contributed by atoms with Crippen molar-refractivity contribution in [3.8, 4) is 22.3 Å². The maximum absolute atomic E-state index is 10.6. The Labute approximate surface area is 243 Å². The Morgan fingerprint density at radius 3 is 1.78 bits per heavy atom. The molecule has 0 amide bonds. The van der Waals surface area contributed by atoms with Crippen molar-refractivity contribution in [1.29, 1.82) is 10.8 Å². The molecule has 4 nitrogen and oxygen atoms in total. The zero-order valence-corrected chi connectivity index (χ0v) is 24.0. The van der Waals surface area contributed by atoms with Crippen LogP contribution in [0.25, 0.3) is 33.4 Å². The second-order valence-electron chi connectivity index (χ2n) is 11.4. The van der Waals surface area contributed by atoms with Gasteiger partial charge in [0, 0.05) is 11.1 Å². The summed E-state index contributed by atoms with van der Waals surface area (Å²) in [4.78, 5) is 0. The van der Waals surface area contributed by atoms with Crippen molar-refractivity contribution in [3.63, 3.8) is 0 Å². The number of nitrogens with one attached hydrogen (secondary N) is 2. The van der Waals surface area contributed by atoms with E-state index in [1.54, 1.807) is 13.8 Å². The second kappa shape index (κ2) is 11.3. The van der Waals surface area contributed by atoms with E-state index in [1.807, 2.05) is 86.7 Å². The van der Waals surface area contributed by atoms with Gasteiger partial charge in [-0.3, -0.25) is 10.8 Å². The Kier molecular flexibility index (Phi) is 7.77. The van der Waals surface area contributed by atoms with Crippen LogP contribution in [0.15, 0.2) is 115 Å². The summed E-state index contributed by atoms with van der Waals surface area (Å²) in [6.45, 7) is 7.34. The fourth-order valence-electron chi connectivity index (χ4n) is 4.87. The Hall–Kier alpha value is -4.32. The standard InChI is InChI=1S/C36H35BN2O2/c1-35(2,40)36(3,4)41-37-32-20-11-10-18-28(32)26-16-12-15-25(23-26)27-17-8-9-19-30(27)31-22-21-29(33(38)34(31)39)24-13-6-5-7-14-24/h5-23,37-40H,1-4H3. The SMILES string of the molecule is CC(C)(O)C(C)(C)OBc1ccccc1-c1cccc(-c2ccccc2C2=CC=C(c3ccccc3)C(=N)C2=N)c1. The molecule has 0 aromatic heterocycles. The quantitative estimate of drug-likeness (QED) is 0.166. The lowest BCUT2D eigenvalue weighted by Crippen LogP contribution is -2.49. The molecule has 0 aliphatic heterocycles. The van der Waals surface area contributed by atoms with Gasteiger partial charge in [-0.25, -0.2) is 0 Å². The normalized spacial score (nSPS) is 14.0. The first-order valence-corrected chi connectivity index (χ1v) is 13.9. The monoisotopic (exact) mass is 538 g/mol. The number of hydrogen-bond acceptors (Lipinski definition) is 4. The molecule has 3 N–H and O–H groups in total. The lowest BCUT2D eigenvalue weighted by Gasteiger charge is -2.37. The van der Waals surface area contributed by atoms with Gasteiger partial charge < -0.3 is 9.76 Å². The average molecular weight is 539 g/mol. The van der Waals surface area contributed by atoms with Crippen molar-refractivity contribution in [3.05, 3.63) is 126 Å². The lowest BCUT2D eigenvalue weighted by atomic mass is 9.78. The van der Waals surface area contributed by atoms with Crippen LogP contribution in [0.5, 0.6) is 0 Å². The molecule has 0 heterocycles. The highest BCUT2D eigenvalue weighted by Crippen LogP contribution is 2.35. The van der Waals surface area contributed by atoms with E-state index in [9.17, 15) is 5.11 Å². The van der Waals surface area contributed by atoms with Crippen LogP contribution in [-0.4, -0.2) is 35.2 Å². The maximum Gasteiger partial charge on any atom is 0.310 e. The highest BCUT2D eigenvalue weighted by Gasteiger charge is 2.35. The first-order valence-electron chi connectivity index (χ1n) is 13.9. The molecule has 0 fully saturated rings. The van der Waals surface area contributed by atoms with Gasteiger partial charge in [0.15, 0.2) is 0 Å². The van der Waals surface area contributed by atoms with E-state index in [0.717, 1.165) is 50.0 Å². The summed E-state index contributed by atoms with van der Waals surface area (Å²) in [6, 6.07) is 34.5. The Balaban J connectivity index is 1.51. The van der Waals surface area contributed by atoms with Crippen molar-refractivity contribution in [1.82, 2.24) is 0 Å². The molecule has 5 heteroatoms.